The maximum absolute atomic E-state index is 10.9. The lowest BCUT2D eigenvalue weighted by atomic mass is 10.0. The Morgan fingerprint density at radius 1 is 1.69 bits per heavy atom. The number of aromatic amines is 1. The third-order valence-corrected chi connectivity index (χ3v) is 3.84. The molecule has 2 aliphatic rings. The van der Waals surface area contributed by atoms with Crippen LogP contribution in [-0.2, 0) is 6.42 Å². The monoisotopic (exact) mass is 218 g/mol. The molecule has 1 aromatic rings. The number of nitrogens with zero attached hydrogens (tertiary/aromatic N) is 1. The van der Waals surface area contributed by atoms with Crippen LogP contribution in [0.2, 0.25) is 0 Å². The van der Waals surface area contributed by atoms with Crippen LogP contribution in [0.3, 0.4) is 0 Å². The van der Waals surface area contributed by atoms with Crippen LogP contribution in [0.25, 0.3) is 0 Å². The van der Waals surface area contributed by atoms with Crippen molar-refractivity contribution in [2.75, 3.05) is 0 Å². The number of fused-ring (bicyclic) bond motifs is 3. The Labute approximate surface area is 93.4 Å². The first-order chi connectivity index (χ1) is 7.74. The molecule has 3 atom stereocenters. The summed E-state index contributed by atoms with van der Waals surface area (Å²) >= 11 is 0. The molecule has 4 heteroatoms. The summed E-state index contributed by atoms with van der Waals surface area (Å²) in [7, 11) is 0. The number of aromatic nitrogens is 2. The number of H-pyrrole nitrogens is 1. The van der Waals surface area contributed by atoms with Crippen molar-refractivity contribution in [3.8, 4) is 0 Å². The largest absolute Gasteiger partial charge is 0.477 e. The predicted molar refractivity (Wildman–Crippen MR) is 58.4 cm³/mol. The van der Waals surface area contributed by atoms with Gasteiger partial charge in [-0.3, -0.25) is 5.10 Å². The lowest BCUT2D eigenvalue weighted by Crippen LogP contribution is -2.02. The highest BCUT2D eigenvalue weighted by molar-refractivity contribution is 5.87. The first-order valence-corrected chi connectivity index (χ1v) is 5.65. The molecule has 84 valence electrons. The molecule has 1 unspecified atom stereocenters. The molecule has 2 aliphatic carbocycles. The molecule has 16 heavy (non-hydrogen) atoms. The van der Waals surface area contributed by atoms with Gasteiger partial charge in [0.2, 0.25) is 0 Å². The molecular weight excluding hydrogens is 204 g/mol. The zero-order valence-electron chi connectivity index (χ0n) is 9.10. The maximum atomic E-state index is 10.9. The van der Waals surface area contributed by atoms with Gasteiger partial charge in [0.25, 0.3) is 0 Å². The second-order valence-corrected chi connectivity index (χ2v) is 4.63. The average molecular weight is 218 g/mol. The van der Waals surface area contributed by atoms with Gasteiger partial charge in [-0.05, 0) is 31.6 Å². The van der Waals surface area contributed by atoms with Gasteiger partial charge in [-0.2, -0.15) is 5.10 Å². The van der Waals surface area contributed by atoms with Crippen LogP contribution in [0.15, 0.2) is 12.2 Å². The zero-order valence-corrected chi connectivity index (χ0v) is 9.10. The van der Waals surface area contributed by atoms with E-state index in [4.69, 9.17) is 5.11 Å². The Balaban J connectivity index is 1.83. The minimum atomic E-state index is -0.889. The van der Waals surface area contributed by atoms with Crippen LogP contribution in [0.1, 0.15) is 41.0 Å². The second kappa shape index (κ2) is 3.20. The van der Waals surface area contributed by atoms with Gasteiger partial charge in [0.1, 0.15) is 5.69 Å². The molecular formula is C12H14N2O2. The highest BCUT2D eigenvalue weighted by Gasteiger charge is 2.57. The van der Waals surface area contributed by atoms with Gasteiger partial charge in [0, 0.05) is 11.5 Å². The number of rotatable bonds is 3. The number of carboxylic acid groups (broad SMARTS) is 1. The van der Waals surface area contributed by atoms with Crippen molar-refractivity contribution in [1.29, 1.82) is 0 Å². The van der Waals surface area contributed by atoms with Crippen LogP contribution < -0.4 is 0 Å². The summed E-state index contributed by atoms with van der Waals surface area (Å²) in [6, 6.07) is 0. The van der Waals surface area contributed by atoms with Crippen LogP contribution in [0.4, 0.5) is 0 Å². The first kappa shape index (κ1) is 9.63. The minimum absolute atomic E-state index is 0.298. The lowest BCUT2D eigenvalue weighted by Gasteiger charge is -2.00. The number of aromatic carboxylic acids is 1. The SMILES string of the molecule is C/C=C\CC1[C@H]2c3n[nH]c(C(=O)O)c3C[C@@H]12. The summed E-state index contributed by atoms with van der Waals surface area (Å²) in [5.74, 6) is 0.950. The molecule has 0 saturated heterocycles. The van der Waals surface area contributed by atoms with Gasteiger partial charge in [-0.25, -0.2) is 4.79 Å². The third kappa shape index (κ3) is 1.16. The van der Waals surface area contributed by atoms with Crippen LogP contribution in [-0.4, -0.2) is 21.3 Å². The molecule has 4 nitrogen and oxygen atoms in total. The van der Waals surface area contributed by atoms with E-state index in [1.807, 2.05) is 6.92 Å². The minimum Gasteiger partial charge on any atom is -0.477 e. The molecule has 0 bridgehead atoms. The van der Waals surface area contributed by atoms with E-state index in [0.29, 0.717) is 23.4 Å². The second-order valence-electron chi connectivity index (χ2n) is 4.63. The van der Waals surface area contributed by atoms with Crippen LogP contribution in [0.5, 0.6) is 0 Å². The van der Waals surface area contributed by atoms with E-state index < -0.39 is 5.97 Å². The molecule has 0 spiro atoms. The number of nitrogens with one attached hydrogen (secondary N) is 1. The third-order valence-electron chi connectivity index (χ3n) is 3.84. The number of carboxylic acids is 1. The van der Waals surface area contributed by atoms with Gasteiger partial charge in [-0.15, -0.1) is 0 Å². The topological polar surface area (TPSA) is 66.0 Å². The molecule has 1 fully saturated rings. The highest BCUT2D eigenvalue weighted by atomic mass is 16.4. The molecule has 3 rings (SSSR count). The fourth-order valence-electron chi connectivity index (χ4n) is 3.02. The van der Waals surface area contributed by atoms with Gasteiger partial charge in [0.15, 0.2) is 0 Å². The standard InChI is InChI=1S/C12H14N2O2/c1-2-3-4-6-7-5-8-10(9(6)7)13-14-11(8)12(15)16/h2-3,6-7,9H,4-5H2,1H3,(H,13,14)(H,15,16)/b3-2-/t6?,7-,9+/m0/s1. The summed E-state index contributed by atoms with van der Waals surface area (Å²) in [4.78, 5) is 10.9. The summed E-state index contributed by atoms with van der Waals surface area (Å²) in [6.07, 6.45) is 6.25. The molecule has 1 aromatic heterocycles. The van der Waals surface area contributed by atoms with Crippen molar-refractivity contribution < 1.29 is 9.90 Å². The van der Waals surface area contributed by atoms with Crippen molar-refractivity contribution >= 4 is 5.97 Å². The van der Waals surface area contributed by atoms with Crippen molar-refractivity contribution in [3.63, 3.8) is 0 Å². The Morgan fingerprint density at radius 3 is 3.19 bits per heavy atom. The predicted octanol–water partition coefficient (Wildman–Crippen LogP) is 1.96. The maximum Gasteiger partial charge on any atom is 0.354 e. The summed E-state index contributed by atoms with van der Waals surface area (Å²) < 4.78 is 0. The van der Waals surface area contributed by atoms with Crippen molar-refractivity contribution in [2.24, 2.45) is 11.8 Å². The molecule has 0 aromatic carbocycles. The van der Waals surface area contributed by atoms with E-state index >= 15 is 0 Å². The van der Waals surface area contributed by atoms with E-state index in [0.717, 1.165) is 24.1 Å². The molecule has 0 amide bonds. The van der Waals surface area contributed by atoms with Crippen molar-refractivity contribution in [2.45, 2.75) is 25.7 Å². The smallest absolute Gasteiger partial charge is 0.354 e. The van der Waals surface area contributed by atoms with E-state index in [-0.39, 0.29) is 0 Å². The Morgan fingerprint density at radius 2 is 2.50 bits per heavy atom. The van der Waals surface area contributed by atoms with Gasteiger partial charge in [0.05, 0.1) is 5.69 Å². The fourth-order valence-corrected chi connectivity index (χ4v) is 3.02. The van der Waals surface area contributed by atoms with E-state index in [9.17, 15) is 4.79 Å². The number of allylic oxidation sites excluding steroid dienone is 2. The van der Waals surface area contributed by atoms with E-state index in [1.165, 1.54) is 0 Å². The Hall–Kier alpha value is -1.58. The average Bonchev–Trinajstić information content (AvgIpc) is 2.60. The molecule has 0 aliphatic heterocycles. The highest BCUT2D eigenvalue weighted by Crippen LogP contribution is 2.62. The molecule has 1 saturated carbocycles. The van der Waals surface area contributed by atoms with E-state index in [2.05, 4.69) is 22.3 Å². The first-order valence-electron chi connectivity index (χ1n) is 5.65. The quantitative estimate of drug-likeness (QED) is 0.762. The summed E-state index contributed by atoms with van der Waals surface area (Å²) in [5.41, 5.74) is 2.25. The van der Waals surface area contributed by atoms with Gasteiger partial charge >= 0.3 is 5.97 Å². The zero-order chi connectivity index (χ0) is 11.3. The lowest BCUT2D eigenvalue weighted by molar-refractivity contribution is 0.0689. The molecule has 0 radical (unpaired) electrons. The van der Waals surface area contributed by atoms with Crippen molar-refractivity contribution in [3.05, 3.63) is 29.1 Å². The number of hydrogen-bond acceptors (Lipinski definition) is 2. The molecule has 1 heterocycles. The fraction of sp³-hybridized carbons (Fsp3) is 0.500. The van der Waals surface area contributed by atoms with E-state index in [1.54, 1.807) is 0 Å². The summed E-state index contributed by atoms with van der Waals surface area (Å²) in [6.45, 7) is 2.03. The normalized spacial score (nSPS) is 30.4. The van der Waals surface area contributed by atoms with Crippen molar-refractivity contribution in [1.82, 2.24) is 10.2 Å². The number of carbonyl (C=O) groups is 1. The van der Waals surface area contributed by atoms with Gasteiger partial charge < -0.3 is 5.11 Å². The van der Waals surface area contributed by atoms with Crippen LogP contribution in [0, 0.1) is 11.8 Å². The van der Waals surface area contributed by atoms with Crippen LogP contribution >= 0.6 is 0 Å². The summed E-state index contributed by atoms with van der Waals surface area (Å²) in [5, 5.41) is 15.8. The number of hydrogen-bond donors (Lipinski definition) is 2. The van der Waals surface area contributed by atoms with Gasteiger partial charge in [-0.1, -0.05) is 12.2 Å². The Bertz CT molecular complexity index is 475. The Kier molecular flexibility index (Phi) is 1.93. The molecule has 2 N–H and O–H groups in total.